The van der Waals surface area contributed by atoms with Gasteiger partial charge in [0, 0.05) is 11.6 Å². The number of nitrogens with one attached hydrogen (secondary N) is 1. The van der Waals surface area contributed by atoms with Gasteiger partial charge in [-0.25, -0.2) is 9.36 Å². The Morgan fingerprint density at radius 1 is 1.22 bits per heavy atom. The van der Waals surface area contributed by atoms with E-state index in [-0.39, 0.29) is 18.1 Å². The largest absolute Gasteiger partial charge is 0.442 e. The van der Waals surface area contributed by atoms with E-state index in [4.69, 9.17) is 4.52 Å². The zero-order valence-corrected chi connectivity index (χ0v) is 14.6. The van der Waals surface area contributed by atoms with E-state index in [0.717, 1.165) is 10.1 Å². The highest BCUT2D eigenvalue weighted by Gasteiger charge is 2.19. The third kappa shape index (κ3) is 3.61. The van der Waals surface area contributed by atoms with E-state index in [1.54, 1.807) is 18.2 Å². The molecule has 0 aliphatic carbocycles. The number of rotatable bonds is 5. The summed E-state index contributed by atoms with van der Waals surface area (Å²) >= 11 is 0. The van der Waals surface area contributed by atoms with Crippen LogP contribution in [0.4, 0.5) is 11.4 Å². The van der Waals surface area contributed by atoms with Crippen molar-refractivity contribution in [2.45, 2.75) is 20.4 Å². The predicted octanol–water partition coefficient (Wildman–Crippen LogP) is 2.67. The van der Waals surface area contributed by atoms with Gasteiger partial charge in [0.1, 0.15) is 6.54 Å². The van der Waals surface area contributed by atoms with E-state index < -0.39 is 16.6 Å². The van der Waals surface area contributed by atoms with Crippen LogP contribution >= 0.6 is 0 Å². The Kier molecular flexibility index (Phi) is 4.84. The van der Waals surface area contributed by atoms with Gasteiger partial charge < -0.3 is 5.32 Å². The lowest BCUT2D eigenvalue weighted by atomic mass is 10.1. The molecule has 0 saturated carbocycles. The molecule has 0 spiro atoms. The van der Waals surface area contributed by atoms with Crippen molar-refractivity contribution in [3.63, 3.8) is 0 Å². The molecule has 1 aromatic heterocycles. The molecule has 0 unspecified atom stereocenters. The molecule has 0 aliphatic rings. The number of nitrogens with zero attached hydrogens (tertiary/aromatic N) is 3. The third-order valence-corrected chi connectivity index (χ3v) is 4.15. The van der Waals surface area contributed by atoms with Crippen LogP contribution < -0.4 is 11.1 Å². The number of nitro groups is 1. The summed E-state index contributed by atoms with van der Waals surface area (Å²) in [5.41, 5.74) is 2.07. The molecule has 2 aromatic carbocycles. The Bertz CT molecular complexity index is 1080. The quantitative estimate of drug-likeness (QED) is 0.546. The van der Waals surface area contributed by atoms with Gasteiger partial charge in [0.2, 0.25) is 5.91 Å². The molecule has 27 heavy (non-hydrogen) atoms. The molecule has 3 rings (SSSR count). The molecular weight excluding hydrogens is 352 g/mol. The Morgan fingerprint density at radius 2 is 1.96 bits per heavy atom. The molecule has 9 nitrogen and oxygen atoms in total. The van der Waals surface area contributed by atoms with Crippen molar-refractivity contribution in [2.75, 3.05) is 5.32 Å². The molecule has 0 fully saturated rings. The van der Waals surface area contributed by atoms with E-state index in [0.29, 0.717) is 16.8 Å². The molecular formula is C18H16N4O5. The predicted molar refractivity (Wildman–Crippen MR) is 97.4 cm³/mol. The summed E-state index contributed by atoms with van der Waals surface area (Å²) in [5, 5.41) is 17.4. The molecule has 3 aromatic rings. The summed E-state index contributed by atoms with van der Waals surface area (Å²) < 4.78 is 5.83. The molecule has 1 amide bonds. The summed E-state index contributed by atoms with van der Waals surface area (Å²) in [7, 11) is 0. The van der Waals surface area contributed by atoms with Gasteiger partial charge in [-0.1, -0.05) is 35.5 Å². The van der Waals surface area contributed by atoms with Crippen LogP contribution in [0.25, 0.3) is 11.4 Å². The fourth-order valence-corrected chi connectivity index (χ4v) is 2.72. The highest BCUT2D eigenvalue weighted by molar-refractivity contribution is 5.92. The summed E-state index contributed by atoms with van der Waals surface area (Å²) in [6.07, 6.45) is 0. The average Bonchev–Trinajstić information content (AvgIpc) is 2.97. The first-order valence-electron chi connectivity index (χ1n) is 8.05. The van der Waals surface area contributed by atoms with Crippen LogP contribution in [0.2, 0.25) is 0 Å². The first kappa shape index (κ1) is 18.1. The van der Waals surface area contributed by atoms with Gasteiger partial charge in [-0.05, 0) is 25.5 Å². The first-order valence-corrected chi connectivity index (χ1v) is 8.05. The third-order valence-electron chi connectivity index (χ3n) is 4.15. The number of carbonyl (C=O) groups is 1. The summed E-state index contributed by atoms with van der Waals surface area (Å²) in [6, 6.07) is 11.6. The van der Waals surface area contributed by atoms with Crippen molar-refractivity contribution in [1.82, 2.24) is 9.72 Å². The van der Waals surface area contributed by atoms with Gasteiger partial charge in [-0.15, -0.1) is 0 Å². The highest BCUT2D eigenvalue weighted by Crippen LogP contribution is 2.25. The summed E-state index contributed by atoms with van der Waals surface area (Å²) in [4.78, 5) is 34.9. The van der Waals surface area contributed by atoms with Crippen LogP contribution in [0.3, 0.4) is 0 Å². The smallest absolute Gasteiger partial charge is 0.324 e. The fourth-order valence-electron chi connectivity index (χ4n) is 2.72. The number of nitro benzene ring substituents is 1. The van der Waals surface area contributed by atoms with Crippen LogP contribution in [-0.4, -0.2) is 20.6 Å². The first-order chi connectivity index (χ1) is 12.9. The molecule has 1 N–H and O–H groups in total. The van der Waals surface area contributed by atoms with Crippen molar-refractivity contribution >= 4 is 17.3 Å². The molecule has 0 aliphatic heterocycles. The number of hydrogen-bond acceptors (Lipinski definition) is 6. The maximum absolute atomic E-state index is 12.4. The van der Waals surface area contributed by atoms with Crippen LogP contribution in [-0.2, 0) is 11.3 Å². The van der Waals surface area contributed by atoms with E-state index in [1.165, 1.54) is 19.1 Å². The van der Waals surface area contributed by atoms with E-state index in [9.17, 15) is 19.7 Å². The van der Waals surface area contributed by atoms with Crippen molar-refractivity contribution in [2.24, 2.45) is 0 Å². The molecule has 9 heteroatoms. The number of amides is 1. The maximum Gasteiger partial charge on any atom is 0.442 e. The molecule has 1 heterocycles. The Morgan fingerprint density at radius 3 is 2.67 bits per heavy atom. The van der Waals surface area contributed by atoms with Crippen LogP contribution in [0.15, 0.2) is 51.8 Å². The summed E-state index contributed by atoms with van der Waals surface area (Å²) in [6.45, 7) is 3.05. The molecule has 0 bridgehead atoms. The van der Waals surface area contributed by atoms with E-state index in [2.05, 4.69) is 10.5 Å². The monoisotopic (exact) mass is 368 g/mol. The minimum atomic E-state index is -0.765. The van der Waals surface area contributed by atoms with E-state index in [1.807, 2.05) is 19.1 Å². The average molecular weight is 368 g/mol. The van der Waals surface area contributed by atoms with Gasteiger partial charge in [0.05, 0.1) is 16.2 Å². The lowest BCUT2D eigenvalue weighted by Crippen LogP contribution is -2.26. The molecule has 138 valence electrons. The Hall–Kier alpha value is -3.75. The lowest BCUT2D eigenvalue weighted by molar-refractivity contribution is -0.385. The minimum absolute atomic E-state index is 0.101. The zero-order chi connectivity index (χ0) is 19.6. The van der Waals surface area contributed by atoms with Gasteiger partial charge in [-0.2, -0.15) is 0 Å². The summed E-state index contributed by atoms with van der Waals surface area (Å²) in [5.74, 6) is -1.05. The van der Waals surface area contributed by atoms with E-state index >= 15 is 0 Å². The number of carbonyl (C=O) groups excluding carboxylic acids is 1. The van der Waals surface area contributed by atoms with Gasteiger partial charge in [-0.3, -0.25) is 19.4 Å². The molecule has 0 radical (unpaired) electrons. The van der Waals surface area contributed by atoms with Gasteiger partial charge in [0.15, 0.2) is 5.82 Å². The fraction of sp³-hybridized carbons (Fsp3) is 0.167. The highest BCUT2D eigenvalue weighted by atomic mass is 16.6. The normalized spacial score (nSPS) is 10.6. The Balaban J connectivity index is 1.87. The van der Waals surface area contributed by atoms with Crippen molar-refractivity contribution < 1.29 is 14.2 Å². The van der Waals surface area contributed by atoms with Gasteiger partial charge in [0.25, 0.3) is 5.69 Å². The van der Waals surface area contributed by atoms with Crippen molar-refractivity contribution in [3.05, 3.63) is 74.3 Å². The van der Waals surface area contributed by atoms with Crippen LogP contribution in [0, 0.1) is 24.0 Å². The second-order valence-electron chi connectivity index (χ2n) is 5.93. The maximum atomic E-state index is 12.4. The molecule has 0 saturated heterocycles. The second kappa shape index (κ2) is 7.24. The van der Waals surface area contributed by atoms with Crippen LogP contribution in [0.5, 0.6) is 0 Å². The lowest BCUT2D eigenvalue weighted by Gasteiger charge is -2.10. The zero-order valence-electron chi connectivity index (χ0n) is 14.6. The number of anilines is 1. The number of aromatic nitrogens is 2. The number of hydrogen-bond donors (Lipinski definition) is 1. The number of aryl methyl sites for hydroxylation is 1. The topological polar surface area (TPSA) is 120 Å². The minimum Gasteiger partial charge on any atom is -0.324 e. The second-order valence-corrected chi connectivity index (χ2v) is 5.93. The molecule has 0 atom stereocenters. The standard InChI is InChI=1S/C18H16N4O5/c1-11-6-3-4-7-13(11)17-20-27-18(24)21(17)10-16(23)19-14-8-5-9-15(12(14)2)22(25)26/h3-9H,10H2,1-2H3,(H,19,23). The van der Waals surface area contributed by atoms with Crippen LogP contribution in [0.1, 0.15) is 11.1 Å². The number of benzene rings is 2. The van der Waals surface area contributed by atoms with Crippen molar-refractivity contribution in [3.8, 4) is 11.4 Å². The Labute approximate surface area is 153 Å². The van der Waals surface area contributed by atoms with Crippen molar-refractivity contribution in [1.29, 1.82) is 0 Å². The SMILES string of the molecule is Cc1ccccc1-c1noc(=O)n1CC(=O)Nc1cccc([N+](=O)[O-])c1C. The van der Waals surface area contributed by atoms with Gasteiger partial charge >= 0.3 is 5.76 Å².